The topological polar surface area (TPSA) is 25.8 Å². The van der Waals surface area contributed by atoms with Crippen LogP contribution in [0.25, 0.3) is 11.3 Å². The van der Waals surface area contributed by atoms with Crippen LogP contribution < -0.4 is 0 Å². The van der Waals surface area contributed by atoms with Crippen molar-refractivity contribution < 1.29 is 4.39 Å². The van der Waals surface area contributed by atoms with E-state index < -0.39 is 0 Å². The third kappa shape index (κ3) is 2.67. The fourth-order valence-electron chi connectivity index (χ4n) is 1.53. The van der Waals surface area contributed by atoms with E-state index in [0.717, 1.165) is 17.1 Å². The maximum absolute atomic E-state index is 13.1. The zero-order valence-corrected chi connectivity index (χ0v) is 10.2. The molecular formula is C14H15FN2. The van der Waals surface area contributed by atoms with Crippen molar-refractivity contribution in [2.75, 3.05) is 0 Å². The molecule has 0 atom stereocenters. The highest BCUT2D eigenvalue weighted by atomic mass is 19.1. The Labute approximate surface area is 101 Å². The summed E-state index contributed by atoms with van der Waals surface area (Å²) >= 11 is 0. The van der Waals surface area contributed by atoms with Gasteiger partial charge in [0.25, 0.3) is 0 Å². The van der Waals surface area contributed by atoms with E-state index in [1.54, 1.807) is 18.3 Å². The van der Waals surface area contributed by atoms with Gasteiger partial charge in [-0.3, -0.25) is 0 Å². The minimum atomic E-state index is -0.251. The van der Waals surface area contributed by atoms with Crippen molar-refractivity contribution in [2.24, 2.45) is 0 Å². The molecule has 0 radical (unpaired) electrons. The maximum atomic E-state index is 13.1. The van der Waals surface area contributed by atoms with E-state index in [2.05, 4.69) is 30.7 Å². The SMILES string of the molecule is CC(C)(C)c1nccc(-c2cccc(F)c2)n1. The van der Waals surface area contributed by atoms with Gasteiger partial charge < -0.3 is 0 Å². The summed E-state index contributed by atoms with van der Waals surface area (Å²) in [4.78, 5) is 8.73. The van der Waals surface area contributed by atoms with Crippen molar-refractivity contribution in [3.63, 3.8) is 0 Å². The lowest BCUT2D eigenvalue weighted by atomic mass is 9.95. The molecule has 0 aliphatic carbocycles. The smallest absolute Gasteiger partial charge is 0.134 e. The van der Waals surface area contributed by atoms with E-state index in [4.69, 9.17) is 0 Å². The Morgan fingerprint density at radius 2 is 1.88 bits per heavy atom. The molecule has 0 saturated heterocycles. The summed E-state index contributed by atoms with van der Waals surface area (Å²) in [5.74, 6) is 0.512. The largest absolute Gasteiger partial charge is 0.241 e. The molecule has 1 aromatic heterocycles. The minimum Gasteiger partial charge on any atom is -0.241 e. The average molecular weight is 230 g/mol. The third-order valence-corrected chi connectivity index (χ3v) is 2.45. The number of hydrogen-bond donors (Lipinski definition) is 0. The maximum Gasteiger partial charge on any atom is 0.134 e. The lowest BCUT2D eigenvalue weighted by Crippen LogP contribution is -2.15. The molecule has 17 heavy (non-hydrogen) atoms. The molecule has 88 valence electrons. The highest BCUT2D eigenvalue weighted by Gasteiger charge is 2.17. The van der Waals surface area contributed by atoms with E-state index in [0.29, 0.717) is 0 Å². The molecule has 0 bridgehead atoms. The molecule has 0 unspecified atom stereocenters. The van der Waals surface area contributed by atoms with Crippen LogP contribution in [0.2, 0.25) is 0 Å². The van der Waals surface area contributed by atoms with Crippen LogP contribution in [-0.2, 0) is 5.41 Å². The summed E-state index contributed by atoms with van der Waals surface area (Å²) in [6, 6.07) is 8.23. The second-order valence-electron chi connectivity index (χ2n) is 5.03. The molecule has 0 saturated carbocycles. The molecule has 0 aliphatic heterocycles. The van der Waals surface area contributed by atoms with Gasteiger partial charge >= 0.3 is 0 Å². The molecule has 2 nitrogen and oxygen atoms in total. The Kier molecular flexibility index (Phi) is 2.92. The first-order valence-electron chi connectivity index (χ1n) is 5.56. The van der Waals surface area contributed by atoms with Gasteiger partial charge in [0.2, 0.25) is 0 Å². The van der Waals surface area contributed by atoms with Crippen molar-refractivity contribution in [3.05, 3.63) is 48.2 Å². The summed E-state index contributed by atoms with van der Waals surface area (Å²) in [7, 11) is 0. The molecule has 1 aromatic carbocycles. The Balaban J connectivity index is 2.47. The standard InChI is InChI=1S/C14H15FN2/c1-14(2,3)13-16-8-7-12(17-13)10-5-4-6-11(15)9-10/h4-9H,1-3H3. The molecule has 0 amide bonds. The Morgan fingerprint density at radius 1 is 1.12 bits per heavy atom. The predicted molar refractivity (Wildman–Crippen MR) is 66.1 cm³/mol. The number of hydrogen-bond acceptors (Lipinski definition) is 2. The molecule has 1 heterocycles. The van der Waals surface area contributed by atoms with Gasteiger partial charge in [0.05, 0.1) is 5.69 Å². The van der Waals surface area contributed by atoms with Gasteiger partial charge in [-0.15, -0.1) is 0 Å². The normalized spacial score (nSPS) is 11.5. The van der Waals surface area contributed by atoms with E-state index in [1.807, 2.05) is 6.07 Å². The first kappa shape index (κ1) is 11.7. The van der Waals surface area contributed by atoms with Crippen LogP contribution in [0.4, 0.5) is 4.39 Å². The van der Waals surface area contributed by atoms with Crippen LogP contribution in [0.3, 0.4) is 0 Å². The lowest BCUT2D eigenvalue weighted by molar-refractivity contribution is 0.546. The summed E-state index contributed by atoms with van der Waals surface area (Å²) in [5, 5.41) is 0. The Morgan fingerprint density at radius 3 is 2.53 bits per heavy atom. The van der Waals surface area contributed by atoms with E-state index in [9.17, 15) is 4.39 Å². The third-order valence-electron chi connectivity index (χ3n) is 2.45. The van der Waals surface area contributed by atoms with Gasteiger partial charge in [-0.25, -0.2) is 14.4 Å². The molecule has 0 N–H and O–H groups in total. The Hall–Kier alpha value is -1.77. The summed E-state index contributed by atoms with van der Waals surface area (Å²) in [6.45, 7) is 6.16. The average Bonchev–Trinajstić information content (AvgIpc) is 2.28. The number of halogens is 1. The number of rotatable bonds is 1. The highest BCUT2D eigenvalue weighted by Crippen LogP contribution is 2.22. The van der Waals surface area contributed by atoms with Gasteiger partial charge in [-0.05, 0) is 18.2 Å². The molecule has 0 fully saturated rings. The molecule has 2 rings (SSSR count). The quantitative estimate of drug-likeness (QED) is 0.748. The highest BCUT2D eigenvalue weighted by molar-refractivity contribution is 5.58. The molecule has 2 aromatic rings. The zero-order valence-electron chi connectivity index (χ0n) is 10.2. The van der Waals surface area contributed by atoms with Crippen LogP contribution in [0.1, 0.15) is 26.6 Å². The van der Waals surface area contributed by atoms with E-state index >= 15 is 0 Å². The Bertz CT molecular complexity index is 530. The van der Waals surface area contributed by atoms with Crippen molar-refractivity contribution >= 4 is 0 Å². The van der Waals surface area contributed by atoms with Gasteiger partial charge in [-0.2, -0.15) is 0 Å². The molecule has 0 spiro atoms. The molecular weight excluding hydrogens is 215 g/mol. The fraction of sp³-hybridized carbons (Fsp3) is 0.286. The van der Waals surface area contributed by atoms with Crippen molar-refractivity contribution in [1.82, 2.24) is 9.97 Å². The van der Waals surface area contributed by atoms with Gasteiger partial charge in [0.1, 0.15) is 11.6 Å². The van der Waals surface area contributed by atoms with Crippen LogP contribution >= 0.6 is 0 Å². The first-order valence-corrected chi connectivity index (χ1v) is 5.56. The van der Waals surface area contributed by atoms with Crippen LogP contribution in [-0.4, -0.2) is 9.97 Å². The van der Waals surface area contributed by atoms with Crippen LogP contribution in [0.5, 0.6) is 0 Å². The summed E-state index contributed by atoms with van der Waals surface area (Å²) in [6.07, 6.45) is 1.72. The number of nitrogens with zero attached hydrogens (tertiary/aromatic N) is 2. The first-order chi connectivity index (χ1) is 7.97. The molecule has 3 heteroatoms. The van der Waals surface area contributed by atoms with Gasteiger partial charge in [-0.1, -0.05) is 32.9 Å². The number of benzene rings is 1. The summed E-state index contributed by atoms with van der Waals surface area (Å²) in [5.41, 5.74) is 1.42. The second-order valence-corrected chi connectivity index (χ2v) is 5.03. The van der Waals surface area contributed by atoms with Gasteiger partial charge in [0, 0.05) is 17.2 Å². The zero-order chi connectivity index (χ0) is 12.5. The van der Waals surface area contributed by atoms with Crippen molar-refractivity contribution in [1.29, 1.82) is 0 Å². The lowest BCUT2D eigenvalue weighted by Gasteiger charge is -2.16. The predicted octanol–water partition coefficient (Wildman–Crippen LogP) is 3.58. The monoisotopic (exact) mass is 230 g/mol. The van der Waals surface area contributed by atoms with Crippen LogP contribution in [0, 0.1) is 5.82 Å². The fourth-order valence-corrected chi connectivity index (χ4v) is 1.53. The second kappa shape index (κ2) is 4.24. The van der Waals surface area contributed by atoms with Gasteiger partial charge in [0.15, 0.2) is 0 Å². The van der Waals surface area contributed by atoms with Crippen LogP contribution in [0.15, 0.2) is 36.5 Å². The minimum absolute atomic E-state index is 0.108. The van der Waals surface area contributed by atoms with E-state index in [1.165, 1.54) is 12.1 Å². The number of aromatic nitrogens is 2. The van der Waals surface area contributed by atoms with E-state index in [-0.39, 0.29) is 11.2 Å². The summed E-state index contributed by atoms with van der Waals surface area (Å²) < 4.78 is 13.1. The van der Waals surface area contributed by atoms with Crippen molar-refractivity contribution in [3.8, 4) is 11.3 Å². The molecule has 0 aliphatic rings. The van der Waals surface area contributed by atoms with Crippen molar-refractivity contribution in [2.45, 2.75) is 26.2 Å².